The second kappa shape index (κ2) is 9.74. The lowest BCUT2D eigenvalue weighted by atomic mass is 10.1. The zero-order valence-corrected chi connectivity index (χ0v) is 19.3. The molecular formula is C25H28N6O3. The standard InChI is InChI=1S/C25H28N6O3/c1-17-8-9-18(14-19(17)28-25(32)21-15-26-23-7-3-4-11-31(21)23)24-27-16-22(34-29-24)20-6-5-10-30(20)12-13-33-2/h3-4,7-9,11,14-16,20,22H,5-6,10,12-13H2,1-2H3,(H,28,32)/t20-,22?/m0/s1. The number of rotatable bonds is 7. The van der Waals surface area contributed by atoms with Crippen molar-refractivity contribution in [1.29, 1.82) is 0 Å². The van der Waals surface area contributed by atoms with E-state index in [0.29, 0.717) is 23.8 Å². The number of likely N-dealkylation sites (tertiary alicyclic amines) is 1. The molecule has 1 amide bonds. The van der Waals surface area contributed by atoms with E-state index < -0.39 is 0 Å². The first-order valence-corrected chi connectivity index (χ1v) is 11.5. The van der Waals surface area contributed by atoms with Gasteiger partial charge in [0, 0.05) is 31.1 Å². The fourth-order valence-electron chi connectivity index (χ4n) is 4.50. The molecule has 9 heteroatoms. The molecule has 2 aliphatic heterocycles. The van der Waals surface area contributed by atoms with Crippen LogP contribution >= 0.6 is 0 Å². The van der Waals surface area contributed by atoms with E-state index in [1.165, 1.54) is 0 Å². The zero-order valence-electron chi connectivity index (χ0n) is 19.3. The number of methoxy groups -OCH3 is 1. The Bertz CT molecular complexity index is 1250. The number of carbonyl (C=O) groups excluding carboxylic acids is 1. The Morgan fingerprint density at radius 3 is 3.03 bits per heavy atom. The number of aryl methyl sites for hydroxylation is 1. The van der Waals surface area contributed by atoms with Gasteiger partial charge >= 0.3 is 0 Å². The minimum Gasteiger partial charge on any atom is -0.383 e. The molecule has 0 spiro atoms. The van der Waals surface area contributed by atoms with Gasteiger partial charge in [-0.15, -0.1) is 0 Å². The van der Waals surface area contributed by atoms with Gasteiger partial charge in [0.1, 0.15) is 11.3 Å². The number of ether oxygens (including phenoxy) is 1. The maximum atomic E-state index is 13.0. The number of oxime groups is 1. The van der Waals surface area contributed by atoms with Crippen molar-refractivity contribution in [2.75, 3.05) is 32.1 Å². The smallest absolute Gasteiger partial charge is 0.274 e. The average molecular weight is 461 g/mol. The van der Waals surface area contributed by atoms with Crippen LogP contribution in [0, 0.1) is 6.92 Å². The number of anilines is 1. The molecule has 0 radical (unpaired) electrons. The quantitative estimate of drug-likeness (QED) is 0.585. The highest BCUT2D eigenvalue weighted by Crippen LogP contribution is 2.24. The summed E-state index contributed by atoms with van der Waals surface area (Å²) in [7, 11) is 1.72. The molecule has 1 aromatic carbocycles. The molecule has 9 nitrogen and oxygen atoms in total. The third-order valence-corrected chi connectivity index (χ3v) is 6.37. The van der Waals surface area contributed by atoms with Gasteiger partial charge in [0.05, 0.1) is 25.1 Å². The first-order valence-electron chi connectivity index (χ1n) is 11.5. The van der Waals surface area contributed by atoms with Crippen LogP contribution in [0.2, 0.25) is 0 Å². The summed E-state index contributed by atoms with van der Waals surface area (Å²) in [5.41, 5.74) is 3.59. The fraction of sp³-hybridized carbons (Fsp3) is 0.360. The molecule has 2 aliphatic rings. The molecule has 5 rings (SSSR count). The summed E-state index contributed by atoms with van der Waals surface area (Å²) in [6.07, 6.45) is 7.24. The molecule has 1 fully saturated rings. The van der Waals surface area contributed by atoms with Gasteiger partial charge in [0.25, 0.3) is 5.91 Å². The van der Waals surface area contributed by atoms with Gasteiger partial charge in [-0.1, -0.05) is 23.4 Å². The second-order valence-corrected chi connectivity index (χ2v) is 8.56. The van der Waals surface area contributed by atoms with Crippen LogP contribution < -0.4 is 5.32 Å². The van der Waals surface area contributed by atoms with Crippen LogP contribution in [0.1, 0.15) is 34.5 Å². The van der Waals surface area contributed by atoms with E-state index in [0.717, 1.165) is 42.7 Å². The summed E-state index contributed by atoms with van der Waals surface area (Å²) < 4.78 is 6.99. The van der Waals surface area contributed by atoms with Crippen molar-refractivity contribution in [3.63, 3.8) is 0 Å². The fourth-order valence-corrected chi connectivity index (χ4v) is 4.50. The largest absolute Gasteiger partial charge is 0.383 e. The summed E-state index contributed by atoms with van der Waals surface area (Å²) in [4.78, 5) is 30.1. The second-order valence-electron chi connectivity index (χ2n) is 8.56. The van der Waals surface area contributed by atoms with Crippen LogP contribution in [-0.4, -0.2) is 71.2 Å². The number of imidazole rings is 1. The predicted molar refractivity (Wildman–Crippen MR) is 131 cm³/mol. The number of aromatic nitrogens is 2. The highest BCUT2D eigenvalue weighted by molar-refractivity contribution is 6.07. The highest BCUT2D eigenvalue weighted by Gasteiger charge is 2.33. The van der Waals surface area contributed by atoms with Crippen LogP contribution in [0.15, 0.2) is 58.9 Å². The zero-order chi connectivity index (χ0) is 23.5. The number of hydrogen-bond acceptors (Lipinski definition) is 7. The monoisotopic (exact) mass is 460 g/mol. The molecule has 2 atom stereocenters. The van der Waals surface area contributed by atoms with Crippen molar-refractivity contribution >= 4 is 29.3 Å². The Balaban J connectivity index is 1.29. The van der Waals surface area contributed by atoms with Crippen molar-refractivity contribution < 1.29 is 14.4 Å². The summed E-state index contributed by atoms with van der Waals surface area (Å²) in [6.45, 7) is 4.55. The van der Waals surface area contributed by atoms with Crippen molar-refractivity contribution in [2.45, 2.75) is 31.9 Å². The number of fused-ring (bicyclic) bond motifs is 1. The minimum absolute atomic E-state index is 0.178. The summed E-state index contributed by atoms with van der Waals surface area (Å²) >= 11 is 0. The van der Waals surface area contributed by atoms with E-state index in [2.05, 4.69) is 25.3 Å². The first kappa shape index (κ1) is 22.2. The maximum absolute atomic E-state index is 13.0. The number of benzene rings is 1. The summed E-state index contributed by atoms with van der Waals surface area (Å²) in [5, 5.41) is 7.31. The molecule has 1 N–H and O–H groups in total. The summed E-state index contributed by atoms with van der Waals surface area (Å²) in [5.74, 6) is 0.254. The number of amides is 1. The van der Waals surface area contributed by atoms with Crippen LogP contribution in [0.25, 0.3) is 5.65 Å². The topological polar surface area (TPSA) is 92.8 Å². The molecule has 2 aromatic heterocycles. The van der Waals surface area contributed by atoms with Gasteiger partial charge in [-0.05, 0) is 50.1 Å². The SMILES string of the molecule is COCCN1CCC[C@H]1C1C=NC(c2ccc(C)c(NC(=O)c3cnc4ccccn34)c2)=NO1. The molecule has 176 valence electrons. The maximum Gasteiger partial charge on any atom is 0.274 e. The number of amidine groups is 1. The third kappa shape index (κ3) is 4.44. The van der Waals surface area contributed by atoms with Crippen molar-refractivity contribution in [1.82, 2.24) is 14.3 Å². The number of aliphatic imine (C=N–C) groups is 1. The minimum atomic E-state index is -0.235. The lowest BCUT2D eigenvalue weighted by Gasteiger charge is -2.29. The average Bonchev–Trinajstić information content (AvgIpc) is 3.51. The molecule has 3 aromatic rings. The number of nitrogens with zero attached hydrogens (tertiary/aromatic N) is 5. The van der Waals surface area contributed by atoms with Crippen LogP contribution in [0.3, 0.4) is 0 Å². The third-order valence-electron chi connectivity index (χ3n) is 6.37. The van der Waals surface area contributed by atoms with E-state index >= 15 is 0 Å². The van der Waals surface area contributed by atoms with E-state index in [1.54, 1.807) is 17.7 Å². The van der Waals surface area contributed by atoms with Gasteiger partial charge < -0.3 is 14.9 Å². The van der Waals surface area contributed by atoms with Crippen LogP contribution in [-0.2, 0) is 9.57 Å². The molecule has 34 heavy (non-hydrogen) atoms. The van der Waals surface area contributed by atoms with E-state index in [9.17, 15) is 4.79 Å². The lowest BCUT2D eigenvalue weighted by Crippen LogP contribution is -2.43. The summed E-state index contributed by atoms with van der Waals surface area (Å²) in [6, 6.07) is 11.6. The number of nitrogens with one attached hydrogen (secondary N) is 1. The normalized spacial score (nSPS) is 20.4. The van der Waals surface area contributed by atoms with Gasteiger partial charge in [-0.3, -0.25) is 14.1 Å². The van der Waals surface area contributed by atoms with Gasteiger partial charge in [-0.25, -0.2) is 9.98 Å². The molecule has 1 saturated heterocycles. The van der Waals surface area contributed by atoms with Gasteiger partial charge in [0.15, 0.2) is 11.9 Å². The van der Waals surface area contributed by atoms with Crippen LogP contribution in [0.4, 0.5) is 5.69 Å². The number of carbonyl (C=O) groups is 1. The number of hydrogen-bond donors (Lipinski definition) is 1. The van der Waals surface area contributed by atoms with Crippen molar-refractivity contribution in [3.05, 3.63) is 65.6 Å². The molecule has 0 saturated carbocycles. The van der Waals surface area contributed by atoms with E-state index in [1.807, 2.05) is 55.7 Å². The number of pyridine rings is 1. The molecule has 1 unspecified atom stereocenters. The van der Waals surface area contributed by atoms with Gasteiger partial charge in [-0.2, -0.15) is 0 Å². The Morgan fingerprint density at radius 2 is 2.21 bits per heavy atom. The first-order chi connectivity index (χ1) is 16.6. The van der Waals surface area contributed by atoms with E-state index in [4.69, 9.17) is 9.57 Å². The molecule has 0 aliphatic carbocycles. The highest BCUT2D eigenvalue weighted by atomic mass is 16.6. The predicted octanol–water partition coefficient (Wildman–Crippen LogP) is 3.14. The molecule has 4 heterocycles. The van der Waals surface area contributed by atoms with Crippen molar-refractivity contribution in [3.8, 4) is 0 Å². The Labute approximate surface area is 198 Å². The van der Waals surface area contributed by atoms with Gasteiger partial charge in [0.2, 0.25) is 0 Å². The Morgan fingerprint density at radius 1 is 1.29 bits per heavy atom. The molecule has 0 bridgehead atoms. The van der Waals surface area contributed by atoms with Crippen LogP contribution in [0.5, 0.6) is 0 Å². The Hall–Kier alpha value is -3.56. The van der Waals surface area contributed by atoms with E-state index in [-0.39, 0.29) is 18.1 Å². The lowest BCUT2D eigenvalue weighted by molar-refractivity contribution is 0.0354. The Kier molecular flexibility index (Phi) is 6.37. The van der Waals surface area contributed by atoms with Crippen molar-refractivity contribution in [2.24, 2.45) is 10.1 Å². The molecular weight excluding hydrogens is 432 g/mol.